The summed E-state index contributed by atoms with van der Waals surface area (Å²) in [6, 6.07) is 9.19. The van der Waals surface area contributed by atoms with E-state index in [4.69, 9.17) is 0 Å². The van der Waals surface area contributed by atoms with Crippen molar-refractivity contribution < 1.29 is 22.8 Å². The zero-order chi connectivity index (χ0) is 19.6. The molecule has 0 radical (unpaired) electrons. The molecule has 0 unspecified atom stereocenters. The number of benzene rings is 1. The Balaban J connectivity index is 1.63. The van der Waals surface area contributed by atoms with Crippen molar-refractivity contribution in [2.24, 2.45) is 0 Å². The van der Waals surface area contributed by atoms with Crippen molar-refractivity contribution in [1.82, 2.24) is 20.8 Å². The highest BCUT2D eigenvalue weighted by atomic mass is 19.4. The van der Waals surface area contributed by atoms with Gasteiger partial charge in [-0.25, -0.2) is 4.98 Å². The molecule has 0 fully saturated rings. The third kappa shape index (κ3) is 4.08. The van der Waals surface area contributed by atoms with Crippen molar-refractivity contribution in [3.05, 3.63) is 65.1 Å². The summed E-state index contributed by atoms with van der Waals surface area (Å²) >= 11 is 0. The number of pyridine rings is 1. The molecule has 2 heterocycles. The third-order valence-corrected chi connectivity index (χ3v) is 3.96. The number of para-hydroxylation sites is 1. The van der Waals surface area contributed by atoms with Crippen LogP contribution in [0.2, 0.25) is 0 Å². The Kier molecular flexibility index (Phi) is 4.85. The molecule has 0 aliphatic heterocycles. The molecule has 0 aliphatic rings. The van der Waals surface area contributed by atoms with Crippen LogP contribution in [0.4, 0.5) is 13.2 Å². The first kappa shape index (κ1) is 18.4. The van der Waals surface area contributed by atoms with Gasteiger partial charge in [-0.3, -0.25) is 20.4 Å². The molecule has 3 rings (SSSR count). The van der Waals surface area contributed by atoms with Gasteiger partial charge in [-0.2, -0.15) is 13.2 Å². The second-order valence-electron chi connectivity index (χ2n) is 5.87. The van der Waals surface area contributed by atoms with Gasteiger partial charge in [0.25, 0.3) is 5.91 Å². The Morgan fingerprint density at radius 3 is 2.56 bits per heavy atom. The molecule has 3 N–H and O–H groups in total. The first-order valence-corrected chi connectivity index (χ1v) is 7.94. The van der Waals surface area contributed by atoms with Crippen LogP contribution in [0.1, 0.15) is 27.3 Å². The van der Waals surface area contributed by atoms with Crippen LogP contribution < -0.4 is 10.9 Å². The van der Waals surface area contributed by atoms with E-state index in [1.54, 1.807) is 6.20 Å². The average Bonchev–Trinajstić information content (AvgIpc) is 3.02. The monoisotopic (exact) mass is 376 g/mol. The van der Waals surface area contributed by atoms with E-state index in [9.17, 15) is 22.8 Å². The molecule has 6 nitrogen and oxygen atoms in total. The minimum Gasteiger partial charge on any atom is -0.361 e. The van der Waals surface area contributed by atoms with E-state index in [0.717, 1.165) is 28.6 Å². The molecule has 0 spiro atoms. The number of amides is 2. The number of nitrogens with one attached hydrogen (secondary N) is 3. The van der Waals surface area contributed by atoms with Gasteiger partial charge < -0.3 is 4.98 Å². The smallest absolute Gasteiger partial charge is 0.361 e. The molecular formula is C18H15F3N4O2. The van der Waals surface area contributed by atoms with Crippen molar-refractivity contribution >= 4 is 22.7 Å². The van der Waals surface area contributed by atoms with Gasteiger partial charge in [0.15, 0.2) is 0 Å². The molecule has 0 saturated heterocycles. The van der Waals surface area contributed by atoms with E-state index >= 15 is 0 Å². The average molecular weight is 376 g/mol. The normalized spacial score (nSPS) is 11.4. The van der Waals surface area contributed by atoms with Gasteiger partial charge in [-0.1, -0.05) is 18.2 Å². The predicted molar refractivity (Wildman–Crippen MR) is 91.6 cm³/mol. The quantitative estimate of drug-likeness (QED) is 0.615. The summed E-state index contributed by atoms with van der Waals surface area (Å²) in [6.07, 6.45) is -2.86. The highest BCUT2D eigenvalue weighted by Gasteiger charge is 2.33. The minimum atomic E-state index is -4.59. The highest BCUT2D eigenvalue weighted by Crippen LogP contribution is 2.28. The maximum Gasteiger partial charge on any atom is 0.433 e. The fraction of sp³-hybridized carbons (Fsp3) is 0.167. The second kappa shape index (κ2) is 7.10. The van der Waals surface area contributed by atoms with Crippen molar-refractivity contribution in [3.63, 3.8) is 0 Å². The van der Waals surface area contributed by atoms with Gasteiger partial charge >= 0.3 is 6.18 Å². The Morgan fingerprint density at radius 1 is 1.11 bits per heavy atom. The van der Waals surface area contributed by atoms with Crippen LogP contribution in [0.15, 0.2) is 42.6 Å². The molecule has 0 aliphatic carbocycles. The molecule has 3 aromatic rings. The molecule has 1 aromatic carbocycles. The molecule has 2 aromatic heterocycles. The number of carbonyl (C=O) groups excluding carboxylic acids is 2. The van der Waals surface area contributed by atoms with Gasteiger partial charge in [0.1, 0.15) is 5.69 Å². The largest absolute Gasteiger partial charge is 0.433 e. The predicted octanol–water partition coefficient (Wildman–Crippen LogP) is 2.89. The zero-order valence-electron chi connectivity index (χ0n) is 14.1. The Hall–Kier alpha value is -3.36. The van der Waals surface area contributed by atoms with Crippen molar-refractivity contribution in [2.45, 2.75) is 19.5 Å². The molecule has 9 heteroatoms. The number of aryl methyl sites for hydroxylation is 1. The van der Waals surface area contributed by atoms with Crippen molar-refractivity contribution in [3.8, 4) is 0 Å². The number of carbonyl (C=O) groups is 2. The molecular weight excluding hydrogens is 361 g/mol. The van der Waals surface area contributed by atoms with Crippen molar-refractivity contribution in [2.75, 3.05) is 0 Å². The second-order valence-corrected chi connectivity index (χ2v) is 5.87. The Morgan fingerprint density at radius 2 is 1.85 bits per heavy atom. The lowest BCUT2D eigenvalue weighted by Crippen LogP contribution is -2.42. The van der Waals surface area contributed by atoms with E-state index in [1.165, 1.54) is 6.92 Å². The topological polar surface area (TPSA) is 86.9 Å². The number of rotatable bonds is 3. The number of halogens is 3. The standard InChI is InChI=1S/C18H15F3N4O2/c1-10-12(6-7-15(23-10)18(19,20)21)17(27)25-24-16(26)8-11-9-22-14-5-3-2-4-13(11)14/h2-7,9,22H,8H2,1H3,(H,24,26)(H,25,27). The van der Waals surface area contributed by atoms with Crippen molar-refractivity contribution in [1.29, 1.82) is 0 Å². The highest BCUT2D eigenvalue weighted by molar-refractivity contribution is 5.97. The molecule has 0 atom stereocenters. The SMILES string of the molecule is Cc1nc(C(F)(F)F)ccc1C(=O)NNC(=O)Cc1c[nH]c2ccccc12. The van der Waals surface area contributed by atoms with E-state index < -0.39 is 23.7 Å². The number of nitrogens with zero attached hydrogens (tertiary/aromatic N) is 1. The molecule has 27 heavy (non-hydrogen) atoms. The zero-order valence-corrected chi connectivity index (χ0v) is 14.1. The van der Waals surface area contributed by atoms with Crippen LogP contribution in [0.3, 0.4) is 0 Å². The van der Waals surface area contributed by atoms with Gasteiger partial charge in [0.2, 0.25) is 5.91 Å². The summed E-state index contributed by atoms with van der Waals surface area (Å²) in [6.45, 7) is 1.29. The lowest BCUT2D eigenvalue weighted by atomic mass is 10.1. The number of hydrazine groups is 1. The fourth-order valence-corrected chi connectivity index (χ4v) is 2.65. The Labute approximate surface area is 151 Å². The molecule has 0 bridgehead atoms. The lowest BCUT2D eigenvalue weighted by Gasteiger charge is -2.11. The molecule has 2 amide bonds. The number of fused-ring (bicyclic) bond motifs is 1. The number of alkyl halides is 3. The van der Waals surface area contributed by atoms with E-state index in [2.05, 4.69) is 20.8 Å². The van der Waals surface area contributed by atoms with Crippen LogP contribution in [0.5, 0.6) is 0 Å². The minimum absolute atomic E-state index is 0.0224. The first-order chi connectivity index (χ1) is 12.8. The lowest BCUT2D eigenvalue weighted by molar-refractivity contribution is -0.141. The van der Waals surface area contributed by atoms with E-state index in [0.29, 0.717) is 0 Å². The van der Waals surface area contributed by atoms with Crippen LogP contribution in [-0.2, 0) is 17.4 Å². The third-order valence-electron chi connectivity index (χ3n) is 3.96. The van der Waals surface area contributed by atoms with Crippen LogP contribution in [-0.4, -0.2) is 21.8 Å². The Bertz CT molecular complexity index is 1010. The van der Waals surface area contributed by atoms with Crippen LogP contribution >= 0.6 is 0 Å². The van der Waals surface area contributed by atoms with Gasteiger partial charge in [-0.15, -0.1) is 0 Å². The van der Waals surface area contributed by atoms with Gasteiger partial charge in [0, 0.05) is 17.1 Å². The van der Waals surface area contributed by atoms with Crippen LogP contribution in [0.25, 0.3) is 10.9 Å². The number of H-pyrrole nitrogens is 1. The molecule has 0 saturated carbocycles. The first-order valence-electron chi connectivity index (χ1n) is 7.94. The van der Waals surface area contributed by atoms with Gasteiger partial charge in [-0.05, 0) is 30.7 Å². The summed E-state index contributed by atoms with van der Waals surface area (Å²) < 4.78 is 37.9. The number of aromatic nitrogens is 2. The number of hydrogen-bond donors (Lipinski definition) is 3. The molecule has 140 valence electrons. The van der Waals surface area contributed by atoms with Gasteiger partial charge in [0.05, 0.1) is 17.7 Å². The summed E-state index contributed by atoms with van der Waals surface area (Å²) in [5, 5.41) is 0.891. The maximum absolute atomic E-state index is 12.6. The summed E-state index contributed by atoms with van der Waals surface area (Å²) in [5.41, 5.74) is 4.85. The number of hydrogen-bond acceptors (Lipinski definition) is 3. The summed E-state index contributed by atoms with van der Waals surface area (Å²) in [5.74, 6) is -1.22. The number of aromatic amines is 1. The maximum atomic E-state index is 12.6. The summed E-state index contributed by atoms with van der Waals surface area (Å²) in [7, 11) is 0. The van der Waals surface area contributed by atoms with E-state index in [-0.39, 0.29) is 17.7 Å². The summed E-state index contributed by atoms with van der Waals surface area (Å²) in [4.78, 5) is 30.6. The van der Waals surface area contributed by atoms with Crippen LogP contribution in [0, 0.1) is 6.92 Å². The fourth-order valence-electron chi connectivity index (χ4n) is 2.65. The van der Waals surface area contributed by atoms with E-state index in [1.807, 2.05) is 24.3 Å².